The third-order valence-electron chi connectivity index (χ3n) is 3.50. The second-order valence-electron chi connectivity index (χ2n) is 5.58. The molecule has 0 aromatic heterocycles. The first-order chi connectivity index (χ1) is 11.2. The SMILES string of the molecule is O=C(O)CCCCNC(=O)C(CS(=O)(=O)[O-])NC(=O)C1CCCN1. The van der Waals surface area contributed by atoms with Crippen LogP contribution in [0.2, 0.25) is 0 Å². The van der Waals surface area contributed by atoms with Gasteiger partial charge in [-0.15, -0.1) is 0 Å². The van der Waals surface area contributed by atoms with Gasteiger partial charge in [-0.05, 0) is 32.2 Å². The second-order valence-corrected chi connectivity index (χ2v) is 7.03. The summed E-state index contributed by atoms with van der Waals surface area (Å²) in [5.74, 6) is -3.29. The van der Waals surface area contributed by atoms with Gasteiger partial charge in [-0.2, -0.15) is 0 Å². The molecule has 2 unspecified atom stereocenters. The standard InChI is InChI=1S/C13H23N3O7S/c17-11(18)5-1-2-6-15-12(19)10(8-24(21,22)23)16-13(20)9-4-3-7-14-9/h9-10,14H,1-8H2,(H,15,19)(H,16,20)(H,17,18)(H,21,22,23)/p-1. The summed E-state index contributed by atoms with van der Waals surface area (Å²) in [7, 11) is -4.71. The average Bonchev–Trinajstić information content (AvgIpc) is 2.98. The lowest BCUT2D eigenvalue weighted by atomic mass is 10.2. The fourth-order valence-corrected chi connectivity index (χ4v) is 2.95. The van der Waals surface area contributed by atoms with Gasteiger partial charge in [0.25, 0.3) is 0 Å². The van der Waals surface area contributed by atoms with E-state index in [0.29, 0.717) is 25.8 Å². The summed E-state index contributed by atoms with van der Waals surface area (Å²) in [6.07, 6.45) is 2.04. The van der Waals surface area contributed by atoms with Gasteiger partial charge in [0.2, 0.25) is 11.8 Å². The quantitative estimate of drug-likeness (QED) is 0.259. The number of unbranched alkanes of at least 4 members (excludes halogenated alkanes) is 1. The van der Waals surface area contributed by atoms with E-state index in [1.807, 2.05) is 0 Å². The molecule has 1 saturated heterocycles. The van der Waals surface area contributed by atoms with Gasteiger partial charge in [-0.3, -0.25) is 14.4 Å². The molecule has 4 N–H and O–H groups in total. The Morgan fingerprint density at radius 3 is 2.54 bits per heavy atom. The summed E-state index contributed by atoms with van der Waals surface area (Å²) >= 11 is 0. The van der Waals surface area contributed by atoms with Crippen LogP contribution in [0.25, 0.3) is 0 Å². The van der Waals surface area contributed by atoms with E-state index in [4.69, 9.17) is 5.11 Å². The average molecular weight is 364 g/mol. The van der Waals surface area contributed by atoms with E-state index >= 15 is 0 Å². The predicted molar refractivity (Wildman–Crippen MR) is 82.0 cm³/mol. The maximum Gasteiger partial charge on any atom is 0.303 e. The number of carbonyl (C=O) groups excluding carboxylic acids is 2. The normalized spacial score (nSPS) is 18.8. The molecule has 0 radical (unpaired) electrons. The van der Waals surface area contributed by atoms with E-state index in [1.54, 1.807) is 0 Å². The van der Waals surface area contributed by atoms with Gasteiger partial charge < -0.3 is 25.6 Å². The second kappa shape index (κ2) is 9.55. The molecule has 1 aliphatic heterocycles. The Kier molecular flexibility index (Phi) is 8.08. The Balaban J connectivity index is 2.52. The summed E-state index contributed by atoms with van der Waals surface area (Å²) < 4.78 is 32.8. The van der Waals surface area contributed by atoms with Crippen molar-refractivity contribution in [2.75, 3.05) is 18.8 Å². The van der Waals surface area contributed by atoms with Crippen molar-refractivity contribution in [2.24, 2.45) is 0 Å². The Labute approximate surface area is 140 Å². The highest BCUT2D eigenvalue weighted by molar-refractivity contribution is 7.85. The fourth-order valence-electron chi connectivity index (χ4n) is 2.30. The lowest BCUT2D eigenvalue weighted by Gasteiger charge is -2.21. The smallest absolute Gasteiger partial charge is 0.303 e. The lowest BCUT2D eigenvalue weighted by molar-refractivity contribution is -0.137. The Hall–Kier alpha value is -1.72. The van der Waals surface area contributed by atoms with Crippen molar-refractivity contribution in [3.63, 3.8) is 0 Å². The number of hydrogen-bond donors (Lipinski definition) is 4. The number of rotatable bonds is 10. The van der Waals surface area contributed by atoms with Gasteiger partial charge >= 0.3 is 5.97 Å². The van der Waals surface area contributed by atoms with E-state index in [2.05, 4.69) is 16.0 Å². The number of aliphatic carboxylic acids is 1. The molecule has 11 heteroatoms. The molecule has 1 fully saturated rings. The van der Waals surface area contributed by atoms with Gasteiger partial charge in [0.05, 0.1) is 21.9 Å². The Morgan fingerprint density at radius 1 is 1.29 bits per heavy atom. The molecule has 10 nitrogen and oxygen atoms in total. The number of amides is 2. The highest BCUT2D eigenvalue weighted by atomic mass is 32.2. The van der Waals surface area contributed by atoms with Crippen LogP contribution in [-0.2, 0) is 24.5 Å². The van der Waals surface area contributed by atoms with Crippen LogP contribution in [0.3, 0.4) is 0 Å². The van der Waals surface area contributed by atoms with Gasteiger partial charge in [0.15, 0.2) is 0 Å². The maximum atomic E-state index is 12.0. The zero-order chi connectivity index (χ0) is 18.2. The molecule has 0 saturated carbocycles. The maximum absolute atomic E-state index is 12.0. The van der Waals surface area contributed by atoms with E-state index in [0.717, 1.165) is 6.42 Å². The Morgan fingerprint density at radius 2 is 2.00 bits per heavy atom. The fraction of sp³-hybridized carbons (Fsp3) is 0.769. The van der Waals surface area contributed by atoms with Gasteiger partial charge in [-0.25, -0.2) is 8.42 Å². The van der Waals surface area contributed by atoms with Crippen molar-refractivity contribution in [1.82, 2.24) is 16.0 Å². The zero-order valence-electron chi connectivity index (χ0n) is 13.1. The zero-order valence-corrected chi connectivity index (χ0v) is 13.9. The van der Waals surface area contributed by atoms with Crippen LogP contribution in [0.15, 0.2) is 0 Å². The van der Waals surface area contributed by atoms with Crippen LogP contribution in [0.5, 0.6) is 0 Å². The van der Waals surface area contributed by atoms with Crippen molar-refractivity contribution < 1.29 is 32.5 Å². The van der Waals surface area contributed by atoms with Crippen LogP contribution in [0, 0.1) is 0 Å². The van der Waals surface area contributed by atoms with Crippen molar-refractivity contribution in [1.29, 1.82) is 0 Å². The van der Waals surface area contributed by atoms with Gasteiger partial charge in [0, 0.05) is 13.0 Å². The molecule has 24 heavy (non-hydrogen) atoms. The van der Waals surface area contributed by atoms with Crippen molar-refractivity contribution in [3.8, 4) is 0 Å². The van der Waals surface area contributed by atoms with Gasteiger partial charge in [-0.1, -0.05) is 0 Å². The van der Waals surface area contributed by atoms with E-state index in [-0.39, 0.29) is 13.0 Å². The highest BCUT2D eigenvalue weighted by Crippen LogP contribution is 2.05. The first-order valence-corrected chi connectivity index (χ1v) is 9.23. The van der Waals surface area contributed by atoms with Gasteiger partial charge in [0.1, 0.15) is 6.04 Å². The van der Waals surface area contributed by atoms with E-state index in [1.165, 1.54) is 0 Å². The predicted octanol–water partition coefficient (Wildman–Crippen LogP) is -1.86. The minimum absolute atomic E-state index is 0.0433. The summed E-state index contributed by atoms with van der Waals surface area (Å²) in [6, 6.07) is -1.98. The number of carboxylic acids is 1. The van der Waals surface area contributed by atoms with Crippen LogP contribution >= 0.6 is 0 Å². The molecule has 2 atom stereocenters. The lowest BCUT2D eigenvalue weighted by Crippen LogP contribution is -2.54. The third-order valence-corrected chi connectivity index (χ3v) is 4.24. The minimum atomic E-state index is -4.71. The number of carbonyl (C=O) groups is 3. The number of nitrogens with one attached hydrogen (secondary N) is 3. The number of carboxylic acid groups (broad SMARTS) is 1. The molecular weight excluding hydrogens is 342 g/mol. The highest BCUT2D eigenvalue weighted by Gasteiger charge is 2.28. The van der Waals surface area contributed by atoms with Crippen LogP contribution in [0.4, 0.5) is 0 Å². The largest absolute Gasteiger partial charge is 0.748 e. The first-order valence-electron chi connectivity index (χ1n) is 7.66. The summed E-state index contributed by atoms with van der Waals surface area (Å²) in [6.45, 7) is 0.775. The summed E-state index contributed by atoms with van der Waals surface area (Å²) in [5.41, 5.74) is 0. The summed E-state index contributed by atoms with van der Waals surface area (Å²) in [5, 5.41) is 16.1. The molecule has 0 bridgehead atoms. The molecule has 1 rings (SSSR count). The monoisotopic (exact) mass is 364 g/mol. The third kappa shape index (κ3) is 8.22. The van der Waals surface area contributed by atoms with E-state index in [9.17, 15) is 27.4 Å². The Bertz CT molecular complexity index is 558. The van der Waals surface area contributed by atoms with Crippen LogP contribution in [-0.4, -0.2) is 66.8 Å². The number of hydrogen-bond acceptors (Lipinski definition) is 7. The minimum Gasteiger partial charge on any atom is -0.748 e. The van der Waals surface area contributed by atoms with E-state index < -0.39 is 45.7 Å². The molecule has 1 heterocycles. The first kappa shape index (κ1) is 20.3. The molecular formula is C13H22N3O7S-. The van der Waals surface area contributed by atoms with Crippen LogP contribution in [0.1, 0.15) is 32.1 Å². The molecule has 0 spiro atoms. The van der Waals surface area contributed by atoms with Crippen LogP contribution < -0.4 is 16.0 Å². The molecule has 0 aliphatic carbocycles. The molecule has 0 aromatic rings. The van der Waals surface area contributed by atoms with Crippen molar-refractivity contribution in [3.05, 3.63) is 0 Å². The molecule has 1 aliphatic rings. The molecule has 2 amide bonds. The topological polar surface area (TPSA) is 165 Å². The molecule has 138 valence electrons. The molecule has 0 aromatic carbocycles. The van der Waals surface area contributed by atoms with Crippen molar-refractivity contribution >= 4 is 27.9 Å². The summed E-state index contributed by atoms with van der Waals surface area (Å²) in [4.78, 5) is 34.4. The van der Waals surface area contributed by atoms with Crippen molar-refractivity contribution in [2.45, 2.75) is 44.2 Å².